The Bertz CT molecular complexity index is 438. The van der Waals surface area contributed by atoms with Crippen molar-refractivity contribution in [3.05, 3.63) is 35.6 Å². The summed E-state index contributed by atoms with van der Waals surface area (Å²) in [4.78, 5) is 0. The summed E-state index contributed by atoms with van der Waals surface area (Å²) in [6.07, 6.45) is 3.06. The van der Waals surface area contributed by atoms with Crippen LogP contribution in [0.3, 0.4) is 0 Å². The number of nitrogens with zero attached hydrogens (tertiary/aromatic N) is 1. The first kappa shape index (κ1) is 14.0. The molecule has 0 radical (unpaired) electrons. The van der Waals surface area contributed by atoms with E-state index in [1.807, 2.05) is 0 Å². The molecule has 0 aliphatic carbocycles. The van der Waals surface area contributed by atoms with E-state index in [-0.39, 0.29) is 24.4 Å². The zero-order valence-corrected chi connectivity index (χ0v) is 10.8. The third kappa shape index (κ3) is 4.02. The number of benzene rings is 1. The van der Waals surface area contributed by atoms with E-state index < -0.39 is 0 Å². The molecule has 0 N–H and O–H groups in total. The Morgan fingerprint density at radius 2 is 2.26 bits per heavy atom. The average molecular weight is 263 g/mol. The second kappa shape index (κ2) is 7.22. The molecule has 3 nitrogen and oxygen atoms in total. The highest BCUT2D eigenvalue weighted by Crippen LogP contribution is 2.24. The fourth-order valence-electron chi connectivity index (χ4n) is 2.24. The zero-order chi connectivity index (χ0) is 13.5. The fraction of sp³-hybridized carbons (Fsp3) is 0.533. The molecular formula is C15H18FNO2. The van der Waals surface area contributed by atoms with Crippen LogP contribution < -0.4 is 0 Å². The van der Waals surface area contributed by atoms with Crippen LogP contribution in [0.5, 0.6) is 0 Å². The van der Waals surface area contributed by atoms with E-state index in [9.17, 15) is 4.39 Å². The van der Waals surface area contributed by atoms with Crippen LogP contribution in [0.4, 0.5) is 4.39 Å². The molecule has 1 unspecified atom stereocenters. The van der Waals surface area contributed by atoms with Crippen LogP contribution in [-0.2, 0) is 9.47 Å². The third-order valence-electron chi connectivity index (χ3n) is 3.30. The van der Waals surface area contributed by atoms with Gasteiger partial charge in [-0.1, -0.05) is 18.2 Å². The lowest BCUT2D eigenvalue weighted by Crippen LogP contribution is -2.24. The molecule has 1 saturated heterocycles. The maximum atomic E-state index is 13.7. The Labute approximate surface area is 112 Å². The predicted octanol–water partition coefficient (Wildman–Crippen LogP) is 3.37. The summed E-state index contributed by atoms with van der Waals surface area (Å²) < 4.78 is 24.9. The van der Waals surface area contributed by atoms with Crippen LogP contribution in [0, 0.1) is 17.1 Å². The van der Waals surface area contributed by atoms with E-state index in [1.54, 1.807) is 18.2 Å². The summed E-state index contributed by atoms with van der Waals surface area (Å²) in [6, 6.07) is 8.64. The van der Waals surface area contributed by atoms with E-state index in [2.05, 4.69) is 6.07 Å². The summed E-state index contributed by atoms with van der Waals surface area (Å²) >= 11 is 0. The van der Waals surface area contributed by atoms with E-state index in [0.717, 1.165) is 19.3 Å². The van der Waals surface area contributed by atoms with Crippen LogP contribution in [0.25, 0.3) is 0 Å². The summed E-state index contributed by atoms with van der Waals surface area (Å²) in [5.41, 5.74) is 0.542. The minimum atomic E-state index is -0.282. The van der Waals surface area contributed by atoms with Crippen LogP contribution in [-0.4, -0.2) is 19.5 Å². The maximum Gasteiger partial charge on any atom is 0.157 e. The molecule has 1 aliphatic heterocycles. The second-order valence-corrected chi connectivity index (χ2v) is 4.71. The summed E-state index contributed by atoms with van der Waals surface area (Å²) in [7, 11) is 0. The van der Waals surface area contributed by atoms with Gasteiger partial charge in [-0.2, -0.15) is 5.26 Å². The Morgan fingerprint density at radius 3 is 2.95 bits per heavy atom. The van der Waals surface area contributed by atoms with Crippen molar-refractivity contribution in [2.45, 2.75) is 37.9 Å². The largest absolute Gasteiger partial charge is 0.353 e. The Morgan fingerprint density at radius 1 is 1.42 bits per heavy atom. The number of nitriles is 1. The number of ether oxygens (including phenoxy) is 2. The molecule has 2 rings (SSSR count). The molecule has 1 aromatic carbocycles. The maximum absolute atomic E-state index is 13.7. The highest BCUT2D eigenvalue weighted by Gasteiger charge is 2.20. The molecule has 1 fully saturated rings. The molecule has 102 valence electrons. The van der Waals surface area contributed by atoms with Gasteiger partial charge in [0.05, 0.1) is 12.7 Å². The van der Waals surface area contributed by atoms with Gasteiger partial charge in [0.2, 0.25) is 0 Å². The molecule has 2 atom stereocenters. The molecule has 0 bridgehead atoms. The van der Waals surface area contributed by atoms with Gasteiger partial charge in [0.25, 0.3) is 0 Å². The van der Waals surface area contributed by atoms with Gasteiger partial charge in [-0.3, -0.25) is 0 Å². The fourth-order valence-corrected chi connectivity index (χ4v) is 2.24. The SMILES string of the molecule is N#CC[C@@H](COC1CCCCO1)c1ccccc1F. The lowest BCUT2D eigenvalue weighted by Gasteiger charge is -2.25. The monoisotopic (exact) mass is 263 g/mol. The first-order valence-corrected chi connectivity index (χ1v) is 6.66. The molecule has 1 heterocycles. The van der Waals surface area contributed by atoms with E-state index in [1.165, 1.54) is 6.07 Å². The lowest BCUT2D eigenvalue weighted by atomic mass is 9.96. The smallest absolute Gasteiger partial charge is 0.157 e. The number of hydrogen-bond acceptors (Lipinski definition) is 3. The Kier molecular flexibility index (Phi) is 5.31. The van der Waals surface area contributed by atoms with Gasteiger partial charge in [-0.15, -0.1) is 0 Å². The van der Waals surface area contributed by atoms with Crippen molar-refractivity contribution in [3.63, 3.8) is 0 Å². The van der Waals surface area contributed by atoms with Gasteiger partial charge in [0, 0.05) is 18.9 Å². The second-order valence-electron chi connectivity index (χ2n) is 4.71. The summed E-state index contributed by atoms with van der Waals surface area (Å²) in [5.74, 6) is -0.521. The summed E-state index contributed by atoms with van der Waals surface area (Å²) in [5, 5.41) is 8.87. The third-order valence-corrected chi connectivity index (χ3v) is 3.30. The molecular weight excluding hydrogens is 245 g/mol. The van der Waals surface area contributed by atoms with Gasteiger partial charge < -0.3 is 9.47 Å². The summed E-state index contributed by atoms with van der Waals surface area (Å²) in [6.45, 7) is 1.03. The van der Waals surface area contributed by atoms with E-state index >= 15 is 0 Å². The zero-order valence-electron chi connectivity index (χ0n) is 10.8. The van der Waals surface area contributed by atoms with E-state index in [4.69, 9.17) is 14.7 Å². The van der Waals surface area contributed by atoms with Crippen molar-refractivity contribution in [1.82, 2.24) is 0 Å². The van der Waals surface area contributed by atoms with Gasteiger partial charge in [-0.05, 0) is 30.9 Å². The standard InChI is InChI=1S/C15H18FNO2/c16-14-6-2-1-5-13(14)12(8-9-17)11-19-15-7-3-4-10-18-15/h1-2,5-6,12,15H,3-4,7-8,10-11H2/t12-,15?/m0/s1. The first-order valence-electron chi connectivity index (χ1n) is 6.66. The number of hydrogen-bond donors (Lipinski definition) is 0. The van der Waals surface area contributed by atoms with E-state index in [0.29, 0.717) is 18.8 Å². The molecule has 19 heavy (non-hydrogen) atoms. The highest BCUT2D eigenvalue weighted by atomic mass is 19.1. The van der Waals surface area contributed by atoms with Gasteiger partial charge in [0.1, 0.15) is 5.82 Å². The predicted molar refractivity (Wildman–Crippen MR) is 68.9 cm³/mol. The topological polar surface area (TPSA) is 42.2 Å². The van der Waals surface area contributed by atoms with Gasteiger partial charge >= 0.3 is 0 Å². The molecule has 0 spiro atoms. The molecule has 0 amide bonds. The molecule has 1 aromatic rings. The van der Waals surface area contributed by atoms with Crippen molar-refractivity contribution in [2.75, 3.05) is 13.2 Å². The Hall–Kier alpha value is -1.44. The van der Waals surface area contributed by atoms with Crippen LogP contribution in [0.1, 0.15) is 37.2 Å². The van der Waals surface area contributed by atoms with Crippen LogP contribution >= 0.6 is 0 Å². The average Bonchev–Trinajstić information content (AvgIpc) is 2.45. The Balaban J connectivity index is 1.96. The molecule has 4 heteroatoms. The van der Waals surface area contributed by atoms with Crippen molar-refractivity contribution >= 4 is 0 Å². The minimum absolute atomic E-state index is 0.207. The van der Waals surface area contributed by atoms with Gasteiger partial charge in [-0.25, -0.2) is 4.39 Å². The molecule has 1 aliphatic rings. The minimum Gasteiger partial charge on any atom is -0.353 e. The quantitative estimate of drug-likeness (QED) is 0.818. The van der Waals surface area contributed by atoms with Crippen LogP contribution in [0.15, 0.2) is 24.3 Å². The highest BCUT2D eigenvalue weighted by molar-refractivity contribution is 5.22. The molecule has 0 saturated carbocycles. The van der Waals surface area contributed by atoms with Crippen LogP contribution in [0.2, 0.25) is 0 Å². The normalized spacial score (nSPS) is 20.7. The lowest BCUT2D eigenvalue weighted by molar-refractivity contribution is -0.165. The van der Waals surface area contributed by atoms with Crippen molar-refractivity contribution in [1.29, 1.82) is 5.26 Å². The molecule has 0 aromatic heterocycles. The number of halogens is 1. The van der Waals surface area contributed by atoms with Gasteiger partial charge in [0.15, 0.2) is 6.29 Å². The first-order chi connectivity index (χ1) is 9.31. The number of rotatable bonds is 5. The van der Waals surface area contributed by atoms with Crippen molar-refractivity contribution in [2.24, 2.45) is 0 Å². The van der Waals surface area contributed by atoms with Crippen molar-refractivity contribution in [3.8, 4) is 6.07 Å². The van der Waals surface area contributed by atoms with Crippen molar-refractivity contribution < 1.29 is 13.9 Å².